The summed E-state index contributed by atoms with van der Waals surface area (Å²) in [5.41, 5.74) is 6.76. The van der Waals surface area contributed by atoms with Gasteiger partial charge in [0.05, 0.1) is 5.92 Å². The van der Waals surface area contributed by atoms with E-state index in [4.69, 9.17) is 10.5 Å². The van der Waals surface area contributed by atoms with E-state index in [1.807, 2.05) is 0 Å². The van der Waals surface area contributed by atoms with Crippen LogP contribution in [0.2, 0.25) is 0 Å². The molecule has 3 N–H and O–H groups in total. The van der Waals surface area contributed by atoms with Crippen molar-refractivity contribution in [1.82, 2.24) is 9.88 Å². The number of anilines is 1. The number of aliphatic carboxylic acids is 1. The number of amides is 2. The Morgan fingerprint density at radius 3 is 2.42 bits per heavy atom. The minimum absolute atomic E-state index is 0.109. The number of carboxylic acid groups (broad SMARTS) is 1. The quantitative estimate of drug-likeness (QED) is 0.317. The first-order chi connectivity index (χ1) is 17.6. The Labute approximate surface area is 211 Å². The molecular weight excluding hydrogens is 525 g/mol. The average Bonchev–Trinajstić information content (AvgIpc) is 3.13. The number of rotatable bonds is 6. The van der Waals surface area contributed by atoms with E-state index in [1.54, 1.807) is 19.1 Å². The Hall–Kier alpha value is -4.30. The van der Waals surface area contributed by atoms with Crippen LogP contribution in [0.4, 0.5) is 27.8 Å². The monoisotopic (exact) mass is 545 g/mol. The summed E-state index contributed by atoms with van der Waals surface area (Å²) in [6.07, 6.45) is -8.09. The molecule has 204 valence electrons. The van der Waals surface area contributed by atoms with Crippen molar-refractivity contribution < 1.29 is 55.7 Å². The molecule has 2 aliphatic rings. The number of hydrogen-bond acceptors (Lipinski definition) is 8. The van der Waals surface area contributed by atoms with E-state index in [0.717, 1.165) is 4.90 Å². The number of imide groups is 1. The Morgan fingerprint density at radius 1 is 1.21 bits per heavy atom. The van der Waals surface area contributed by atoms with Gasteiger partial charge in [-0.2, -0.15) is 13.2 Å². The van der Waals surface area contributed by atoms with E-state index in [0.29, 0.717) is 11.1 Å². The number of nitrogens with zero attached hydrogens (tertiary/aromatic N) is 2. The summed E-state index contributed by atoms with van der Waals surface area (Å²) in [6.45, 7) is 1.66. The second kappa shape index (κ2) is 10.6. The van der Waals surface area contributed by atoms with Gasteiger partial charge in [0.1, 0.15) is 11.9 Å². The highest BCUT2D eigenvalue weighted by Gasteiger charge is 2.54. The van der Waals surface area contributed by atoms with Crippen molar-refractivity contribution >= 4 is 29.9 Å². The molecule has 1 saturated heterocycles. The second-order valence-corrected chi connectivity index (χ2v) is 8.42. The first-order valence-electron chi connectivity index (χ1n) is 10.8. The van der Waals surface area contributed by atoms with Crippen molar-refractivity contribution in [1.29, 1.82) is 0 Å². The molecule has 0 aliphatic carbocycles. The number of aromatic nitrogens is 1. The van der Waals surface area contributed by atoms with Crippen LogP contribution in [0.1, 0.15) is 30.4 Å². The summed E-state index contributed by atoms with van der Waals surface area (Å²) in [4.78, 5) is 50.5. The highest BCUT2D eigenvalue weighted by atomic mass is 19.4. The van der Waals surface area contributed by atoms with E-state index >= 15 is 0 Å². The molecule has 1 aromatic carbocycles. The number of alkyl halides is 5. The van der Waals surface area contributed by atoms with Crippen LogP contribution in [0.3, 0.4) is 0 Å². The normalized spacial score (nSPS) is 20.1. The number of nitrogens with two attached hydrogens (primary N) is 1. The molecule has 4 rings (SSSR count). The van der Waals surface area contributed by atoms with E-state index < -0.39 is 54.4 Å². The molecule has 3 heterocycles. The Balaban J connectivity index is 0.000000599. The third-order valence-electron chi connectivity index (χ3n) is 5.65. The van der Waals surface area contributed by atoms with E-state index in [-0.39, 0.29) is 30.2 Å². The topological polar surface area (TPSA) is 149 Å². The van der Waals surface area contributed by atoms with Crippen LogP contribution in [0.15, 0.2) is 36.5 Å². The number of likely N-dealkylation sites (tertiary alicyclic amines) is 1. The van der Waals surface area contributed by atoms with E-state index in [1.165, 1.54) is 24.4 Å². The van der Waals surface area contributed by atoms with Crippen LogP contribution in [0.25, 0.3) is 0 Å². The molecule has 3 atom stereocenters. The maximum absolute atomic E-state index is 13.2. The second-order valence-electron chi connectivity index (χ2n) is 8.42. The maximum Gasteiger partial charge on any atom is 0.586 e. The lowest BCUT2D eigenvalue weighted by molar-refractivity contribution is -0.286. The average molecular weight is 545 g/mol. The fourth-order valence-corrected chi connectivity index (χ4v) is 3.93. The van der Waals surface area contributed by atoms with Crippen LogP contribution in [-0.2, 0) is 25.6 Å². The van der Waals surface area contributed by atoms with Gasteiger partial charge in [-0.15, -0.1) is 8.78 Å². The summed E-state index contributed by atoms with van der Waals surface area (Å²) in [5, 5.41) is 9.59. The van der Waals surface area contributed by atoms with Gasteiger partial charge in [0.2, 0.25) is 18.1 Å². The molecule has 38 heavy (non-hydrogen) atoms. The highest BCUT2D eigenvalue weighted by Crippen LogP contribution is 2.42. The fourth-order valence-electron chi connectivity index (χ4n) is 3.93. The zero-order valence-electron chi connectivity index (χ0n) is 19.4. The van der Waals surface area contributed by atoms with Gasteiger partial charge in [0.25, 0.3) is 0 Å². The minimum atomic E-state index is -4.64. The summed E-state index contributed by atoms with van der Waals surface area (Å²) < 4.78 is 66.4. The number of carbonyl (C=O) groups excluding carboxylic acids is 3. The van der Waals surface area contributed by atoms with Gasteiger partial charge in [0, 0.05) is 12.6 Å². The number of aldehydes is 1. The Kier molecular flexibility index (Phi) is 7.88. The number of nitrogen functional groups attached to an aromatic ring is 1. The van der Waals surface area contributed by atoms with Crippen molar-refractivity contribution in [3.63, 3.8) is 0 Å². The lowest BCUT2D eigenvalue weighted by atomic mass is 9.81. The van der Waals surface area contributed by atoms with Gasteiger partial charge < -0.3 is 20.3 Å². The van der Waals surface area contributed by atoms with Crippen molar-refractivity contribution in [2.75, 3.05) is 5.73 Å². The molecule has 0 radical (unpaired) electrons. The molecule has 2 aliphatic heterocycles. The molecule has 10 nitrogen and oxygen atoms in total. The molecule has 0 unspecified atom stereocenters. The van der Waals surface area contributed by atoms with Crippen LogP contribution < -0.4 is 15.2 Å². The number of β-lactam (4-membered cyclic amide) rings is 1. The zero-order valence-corrected chi connectivity index (χ0v) is 19.4. The van der Waals surface area contributed by atoms with E-state index in [9.17, 15) is 41.4 Å². The van der Waals surface area contributed by atoms with Crippen LogP contribution >= 0.6 is 0 Å². The zero-order chi connectivity index (χ0) is 28.4. The third-order valence-corrected chi connectivity index (χ3v) is 5.65. The van der Waals surface area contributed by atoms with Crippen molar-refractivity contribution in [2.45, 2.75) is 44.2 Å². The molecule has 1 aromatic heterocycles. The van der Waals surface area contributed by atoms with Gasteiger partial charge >= 0.3 is 18.4 Å². The van der Waals surface area contributed by atoms with Gasteiger partial charge in [-0.1, -0.05) is 13.0 Å². The smallest absolute Gasteiger partial charge is 0.480 e. The van der Waals surface area contributed by atoms with Crippen LogP contribution in [-0.4, -0.2) is 57.6 Å². The van der Waals surface area contributed by atoms with Crippen molar-refractivity contribution in [3.8, 4) is 11.5 Å². The minimum Gasteiger partial charge on any atom is -0.480 e. The van der Waals surface area contributed by atoms with Crippen LogP contribution in [0, 0.1) is 5.92 Å². The summed E-state index contributed by atoms with van der Waals surface area (Å²) in [7, 11) is 0. The SMILES string of the molecule is C[C@@H](CC(=O)N1C(=O)[C@H](Cc2ccnc(N)c2)[C@H]1C(=O)O)c1ccc2c(c1)OC(F)(F)O2.O=CC(F)(F)F. The van der Waals surface area contributed by atoms with Crippen molar-refractivity contribution in [3.05, 3.63) is 47.7 Å². The Bertz CT molecular complexity index is 1250. The van der Waals surface area contributed by atoms with Gasteiger partial charge in [0.15, 0.2) is 11.5 Å². The van der Waals surface area contributed by atoms with Crippen molar-refractivity contribution in [2.24, 2.45) is 5.92 Å². The molecule has 0 saturated carbocycles. The lowest BCUT2D eigenvalue weighted by Crippen LogP contribution is -2.66. The highest BCUT2D eigenvalue weighted by molar-refractivity contribution is 6.08. The van der Waals surface area contributed by atoms with Gasteiger partial charge in [-0.05, 0) is 47.7 Å². The molecule has 2 amide bonds. The Morgan fingerprint density at radius 2 is 1.84 bits per heavy atom. The van der Waals surface area contributed by atoms with Crippen LogP contribution in [0.5, 0.6) is 11.5 Å². The number of carbonyl (C=O) groups is 4. The predicted molar refractivity (Wildman–Crippen MR) is 117 cm³/mol. The number of fused-ring (bicyclic) bond motifs is 1. The van der Waals surface area contributed by atoms with Gasteiger partial charge in [-0.25, -0.2) is 9.78 Å². The number of hydrogen-bond donors (Lipinski definition) is 2. The number of ether oxygens (including phenoxy) is 2. The largest absolute Gasteiger partial charge is 0.586 e. The number of carboxylic acids is 1. The number of halogens is 5. The van der Waals surface area contributed by atoms with E-state index in [2.05, 4.69) is 14.5 Å². The molecular formula is C23H20F5N3O7. The molecule has 2 aromatic rings. The number of pyridine rings is 1. The molecule has 1 fully saturated rings. The molecule has 0 bridgehead atoms. The standard InChI is InChI=1S/C21H19F2N3O6.C2HF3O/c1-10(12-2-3-14-15(9-12)32-21(22,23)31-14)6-17(27)26-18(20(29)30)13(19(26)28)7-11-4-5-25-16(24)8-11;3-2(4,5)1-6/h2-5,8-10,13,18H,6-7H2,1H3,(H2,24,25)(H,29,30);1H/t10-,13+,18-;/m0./s1. The first-order valence-corrected chi connectivity index (χ1v) is 10.8. The first kappa shape index (κ1) is 28.3. The summed E-state index contributed by atoms with van der Waals surface area (Å²) in [6, 6.07) is 6.01. The molecule has 0 spiro atoms. The van der Waals surface area contributed by atoms with Gasteiger partial charge in [-0.3, -0.25) is 19.3 Å². The lowest BCUT2D eigenvalue weighted by Gasteiger charge is -2.43. The number of benzene rings is 1. The third kappa shape index (κ3) is 6.52. The summed E-state index contributed by atoms with van der Waals surface area (Å²) in [5.74, 6) is -3.98. The fraction of sp³-hybridized carbons (Fsp3) is 0.348. The maximum atomic E-state index is 13.2. The summed E-state index contributed by atoms with van der Waals surface area (Å²) >= 11 is 0. The predicted octanol–water partition coefficient (Wildman–Crippen LogP) is 2.91. The molecule has 15 heteroatoms.